The van der Waals surface area contributed by atoms with Gasteiger partial charge in [-0.3, -0.25) is 0 Å². The van der Waals surface area contributed by atoms with E-state index in [0.29, 0.717) is 5.13 Å². The SMILES string of the molecule is CCCn1cncc1C(O)c1cnc(N)s1. The van der Waals surface area contributed by atoms with Gasteiger partial charge in [-0.25, -0.2) is 9.97 Å². The molecular formula is C10H14N4OS. The van der Waals surface area contributed by atoms with Crippen LogP contribution in [0.25, 0.3) is 0 Å². The van der Waals surface area contributed by atoms with E-state index in [1.54, 1.807) is 18.7 Å². The van der Waals surface area contributed by atoms with Gasteiger partial charge in [-0.05, 0) is 6.42 Å². The van der Waals surface area contributed by atoms with Crippen molar-refractivity contribution in [1.82, 2.24) is 14.5 Å². The predicted octanol–water partition coefficient (Wildman–Crippen LogP) is 1.41. The van der Waals surface area contributed by atoms with Gasteiger partial charge in [0.2, 0.25) is 0 Å². The van der Waals surface area contributed by atoms with Crippen LogP contribution in [0.2, 0.25) is 0 Å². The molecular weight excluding hydrogens is 224 g/mol. The second-order valence-corrected chi connectivity index (χ2v) is 4.61. The molecule has 2 aromatic rings. The Hall–Kier alpha value is -1.40. The van der Waals surface area contributed by atoms with Crippen molar-refractivity contribution in [2.45, 2.75) is 26.0 Å². The van der Waals surface area contributed by atoms with Crippen LogP contribution in [-0.2, 0) is 6.54 Å². The lowest BCUT2D eigenvalue weighted by atomic mass is 10.2. The van der Waals surface area contributed by atoms with E-state index in [2.05, 4.69) is 16.9 Å². The van der Waals surface area contributed by atoms with Gasteiger partial charge in [0.15, 0.2) is 5.13 Å². The molecule has 2 heterocycles. The maximum atomic E-state index is 10.2. The summed E-state index contributed by atoms with van der Waals surface area (Å²) >= 11 is 1.30. The van der Waals surface area contributed by atoms with E-state index < -0.39 is 6.10 Å². The summed E-state index contributed by atoms with van der Waals surface area (Å²) in [6.07, 6.45) is 5.32. The molecule has 1 unspecified atom stereocenters. The first-order valence-corrected chi connectivity index (χ1v) is 5.93. The molecule has 2 rings (SSSR count). The van der Waals surface area contributed by atoms with Gasteiger partial charge < -0.3 is 15.4 Å². The molecule has 3 N–H and O–H groups in total. The zero-order valence-electron chi connectivity index (χ0n) is 9.00. The third-order valence-corrected chi connectivity index (χ3v) is 3.18. The Labute approximate surface area is 97.6 Å². The first kappa shape index (κ1) is 11.1. The van der Waals surface area contributed by atoms with Gasteiger partial charge in [0.25, 0.3) is 0 Å². The number of anilines is 1. The number of nitrogen functional groups attached to an aromatic ring is 1. The lowest BCUT2D eigenvalue weighted by Gasteiger charge is -2.11. The Balaban J connectivity index is 2.26. The van der Waals surface area contributed by atoms with Crippen molar-refractivity contribution in [3.05, 3.63) is 29.3 Å². The Morgan fingerprint density at radius 3 is 3.00 bits per heavy atom. The highest BCUT2D eigenvalue weighted by Gasteiger charge is 2.17. The molecule has 0 saturated carbocycles. The molecule has 5 nitrogen and oxygen atoms in total. The summed E-state index contributed by atoms with van der Waals surface area (Å²) in [5.41, 5.74) is 6.32. The molecule has 0 aliphatic heterocycles. The smallest absolute Gasteiger partial charge is 0.180 e. The Bertz CT molecular complexity index is 465. The summed E-state index contributed by atoms with van der Waals surface area (Å²) in [6, 6.07) is 0. The van der Waals surface area contributed by atoms with Crippen molar-refractivity contribution in [2.24, 2.45) is 0 Å². The Morgan fingerprint density at radius 2 is 2.38 bits per heavy atom. The molecule has 0 aromatic carbocycles. The summed E-state index contributed by atoms with van der Waals surface area (Å²) in [4.78, 5) is 8.73. The summed E-state index contributed by atoms with van der Waals surface area (Å²) in [5.74, 6) is 0. The fourth-order valence-corrected chi connectivity index (χ4v) is 2.24. The van der Waals surface area contributed by atoms with Crippen molar-refractivity contribution in [2.75, 3.05) is 5.73 Å². The molecule has 1 atom stereocenters. The molecule has 86 valence electrons. The second-order valence-electron chi connectivity index (χ2n) is 3.52. The van der Waals surface area contributed by atoms with Crippen LogP contribution in [0.15, 0.2) is 18.7 Å². The molecule has 0 saturated heterocycles. The van der Waals surface area contributed by atoms with Crippen LogP contribution < -0.4 is 5.73 Å². The molecule has 6 heteroatoms. The largest absolute Gasteiger partial charge is 0.381 e. The maximum Gasteiger partial charge on any atom is 0.180 e. The normalized spacial score (nSPS) is 12.9. The van der Waals surface area contributed by atoms with Crippen molar-refractivity contribution in [3.63, 3.8) is 0 Å². The number of thiazole rings is 1. The number of nitrogens with zero attached hydrogens (tertiary/aromatic N) is 3. The molecule has 0 radical (unpaired) electrons. The summed E-state index contributed by atoms with van der Waals surface area (Å²) in [6.45, 7) is 2.93. The number of hydrogen-bond acceptors (Lipinski definition) is 5. The van der Waals surface area contributed by atoms with E-state index in [9.17, 15) is 5.11 Å². The van der Waals surface area contributed by atoms with Crippen LogP contribution in [-0.4, -0.2) is 19.6 Å². The number of nitrogens with two attached hydrogens (primary N) is 1. The van der Waals surface area contributed by atoms with E-state index in [-0.39, 0.29) is 0 Å². The number of aliphatic hydroxyl groups is 1. The van der Waals surface area contributed by atoms with Gasteiger partial charge in [-0.2, -0.15) is 0 Å². The van der Waals surface area contributed by atoms with Gasteiger partial charge in [0.05, 0.1) is 23.1 Å². The fourth-order valence-electron chi connectivity index (χ4n) is 1.56. The van der Waals surface area contributed by atoms with Gasteiger partial charge in [0, 0.05) is 12.7 Å². The van der Waals surface area contributed by atoms with E-state index in [0.717, 1.165) is 23.5 Å². The van der Waals surface area contributed by atoms with Gasteiger partial charge in [-0.1, -0.05) is 18.3 Å². The topological polar surface area (TPSA) is 77.0 Å². The van der Waals surface area contributed by atoms with E-state index in [1.165, 1.54) is 11.3 Å². The Morgan fingerprint density at radius 1 is 1.56 bits per heavy atom. The summed E-state index contributed by atoms with van der Waals surface area (Å²) in [7, 11) is 0. The number of hydrogen-bond donors (Lipinski definition) is 2. The maximum absolute atomic E-state index is 10.2. The number of aryl methyl sites for hydroxylation is 1. The monoisotopic (exact) mass is 238 g/mol. The highest BCUT2D eigenvalue weighted by molar-refractivity contribution is 7.15. The fraction of sp³-hybridized carbons (Fsp3) is 0.400. The standard InChI is InChI=1S/C10H14N4OS/c1-2-3-14-6-12-4-7(14)9(15)8-5-13-10(11)16-8/h4-6,9,15H,2-3H2,1H3,(H2,11,13). The predicted molar refractivity (Wildman–Crippen MR) is 63.1 cm³/mol. The number of imidazole rings is 1. The third kappa shape index (κ3) is 2.07. The summed E-state index contributed by atoms with van der Waals surface area (Å²) in [5, 5.41) is 10.6. The average molecular weight is 238 g/mol. The molecule has 0 aliphatic carbocycles. The Kier molecular flexibility index (Phi) is 3.21. The molecule has 2 aromatic heterocycles. The summed E-state index contributed by atoms with van der Waals surface area (Å²) < 4.78 is 1.95. The lowest BCUT2D eigenvalue weighted by Crippen LogP contribution is -2.06. The molecule has 0 bridgehead atoms. The van der Waals surface area contributed by atoms with Crippen LogP contribution in [0, 0.1) is 0 Å². The highest BCUT2D eigenvalue weighted by Crippen LogP contribution is 2.27. The van der Waals surface area contributed by atoms with E-state index in [4.69, 9.17) is 5.73 Å². The molecule has 0 fully saturated rings. The number of rotatable bonds is 4. The number of aromatic nitrogens is 3. The first-order chi connectivity index (χ1) is 7.72. The quantitative estimate of drug-likeness (QED) is 0.844. The van der Waals surface area contributed by atoms with Crippen molar-refractivity contribution in [1.29, 1.82) is 0 Å². The second kappa shape index (κ2) is 4.63. The minimum absolute atomic E-state index is 0.468. The minimum atomic E-state index is -0.691. The van der Waals surface area contributed by atoms with Crippen molar-refractivity contribution in [3.8, 4) is 0 Å². The van der Waals surface area contributed by atoms with Crippen LogP contribution in [0.1, 0.15) is 30.0 Å². The van der Waals surface area contributed by atoms with Crippen molar-refractivity contribution < 1.29 is 5.11 Å². The van der Waals surface area contributed by atoms with Gasteiger partial charge >= 0.3 is 0 Å². The van der Waals surface area contributed by atoms with Crippen LogP contribution >= 0.6 is 11.3 Å². The molecule has 0 amide bonds. The molecule has 0 aliphatic rings. The molecule has 16 heavy (non-hydrogen) atoms. The van der Waals surface area contributed by atoms with Crippen LogP contribution in [0.5, 0.6) is 0 Å². The van der Waals surface area contributed by atoms with E-state index >= 15 is 0 Å². The zero-order valence-corrected chi connectivity index (χ0v) is 9.81. The zero-order chi connectivity index (χ0) is 11.5. The van der Waals surface area contributed by atoms with E-state index in [1.807, 2.05) is 4.57 Å². The van der Waals surface area contributed by atoms with Gasteiger partial charge in [-0.15, -0.1) is 0 Å². The van der Waals surface area contributed by atoms with Gasteiger partial charge in [0.1, 0.15) is 6.10 Å². The van der Waals surface area contributed by atoms with Crippen LogP contribution in [0.3, 0.4) is 0 Å². The minimum Gasteiger partial charge on any atom is -0.381 e. The first-order valence-electron chi connectivity index (χ1n) is 5.11. The third-order valence-electron chi connectivity index (χ3n) is 2.30. The average Bonchev–Trinajstić information content (AvgIpc) is 2.87. The molecule has 0 spiro atoms. The number of aliphatic hydroxyl groups excluding tert-OH is 1. The van der Waals surface area contributed by atoms with Crippen LogP contribution in [0.4, 0.5) is 5.13 Å². The lowest BCUT2D eigenvalue weighted by molar-refractivity contribution is 0.213. The van der Waals surface area contributed by atoms with Crippen molar-refractivity contribution >= 4 is 16.5 Å². The highest BCUT2D eigenvalue weighted by atomic mass is 32.1.